The number of nitrogens with zero attached hydrogens (tertiary/aromatic N) is 1. The highest BCUT2D eigenvalue weighted by atomic mass is 32.1. The molecule has 0 bridgehead atoms. The number of likely N-dealkylation sites (tertiary alicyclic amines) is 1. The van der Waals surface area contributed by atoms with Gasteiger partial charge in [-0.2, -0.15) is 0 Å². The SMILES string of the molecule is CCN1CCC(c2cccc(C[S+]=O)c2F)CC1. The lowest BCUT2D eigenvalue weighted by molar-refractivity contribution is 0.220. The molecule has 0 aromatic heterocycles. The molecule has 98 valence electrons. The highest BCUT2D eigenvalue weighted by Gasteiger charge is 2.24. The Labute approximate surface area is 112 Å². The number of rotatable bonds is 4. The number of benzene rings is 1. The first-order valence-electron chi connectivity index (χ1n) is 6.50. The van der Waals surface area contributed by atoms with Crippen LogP contribution in [0.1, 0.15) is 36.8 Å². The van der Waals surface area contributed by atoms with Gasteiger partial charge in [0.05, 0.1) is 5.56 Å². The van der Waals surface area contributed by atoms with Crippen LogP contribution in [-0.4, -0.2) is 24.5 Å². The van der Waals surface area contributed by atoms with Crippen molar-refractivity contribution in [3.63, 3.8) is 0 Å². The van der Waals surface area contributed by atoms with Gasteiger partial charge in [0, 0.05) is 4.21 Å². The molecule has 1 aromatic rings. The fraction of sp³-hybridized carbons (Fsp3) is 0.571. The number of hydrogen-bond acceptors (Lipinski definition) is 2. The predicted octanol–water partition coefficient (Wildman–Crippen LogP) is 2.95. The van der Waals surface area contributed by atoms with Crippen molar-refractivity contribution < 1.29 is 8.60 Å². The Bertz CT molecular complexity index is 416. The molecule has 4 heteroatoms. The van der Waals surface area contributed by atoms with E-state index in [4.69, 9.17) is 0 Å². The predicted molar refractivity (Wildman–Crippen MR) is 72.2 cm³/mol. The van der Waals surface area contributed by atoms with E-state index in [0.717, 1.165) is 38.0 Å². The highest BCUT2D eigenvalue weighted by Crippen LogP contribution is 2.30. The molecule has 2 rings (SSSR count). The molecule has 1 heterocycles. The van der Waals surface area contributed by atoms with E-state index in [1.807, 2.05) is 12.1 Å². The molecule has 0 saturated carbocycles. The molecule has 0 radical (unpaired) electrons. The van der Waals surface area contributed by atoms with Crippen LogP contribution in [0, 0.1) is 5.82 Å². The zero-order chi connectivity index (χ0) is 13.0. The van der Waals surface area contributed by atoms with Gasteiger partial charge in [-0.05, 0) is 44.0 Å². The lowest BCUT2D eigenvalue weighted by Crippen LogP contribution is -2.32. The fourth-order valence-corrected chi connectivity index (χ4v) is 3.00. The Morgan fingerprint density at radius 1 is 1.39 bits per heavy atom. The standard InChI is InChI=1S/C14H19FNOS/c1-2-16-8-6-11(7-9-16)13-5-3-4-12(10-18-17)14(13)15/h3-5,11H,2,6-10H2,1H3/q+1. The minimum Gasteiger partial charge on any atom is -0.304 e. The van der Waals surface area contributed by atoms with Gasteiger partial charge in [-0.1, -0.05) is 25.1 Å². The molecule has 0 unspecified atom stereocenters. The van der Waals surface area contributed by atoms with Crippen molar-refractivity contribution in [2.75, 3.05) is 19.6 Å². The second kappa shape index (κ2) is 6.34. The first-order valence-corrected chi connectivity index (χ1v) is 7.41. The Morgan fingerprint density at radius 2 is 2.11 bits per heavy atom. The average Bonchev–Trinajstić information content (AvgIpc) is 2.42. The van der Waals surface area contributed by atoms with Gasteiger partial charge in [0.15, 0.2) is 0 Å². The summed E-state index contributed by atoms with van der Waals surface area (Å²) in [6.45, 7) is 5.32. The first-order chi connectivity index (χ1) is 8.76. The fourth-order valence-electron chi connectivity index (χ4n) is 2.65. The summed E-state index contributed by atoms with van der Waals surface area (Å²) in [6.07, 6.45) is 2.03. The van der Waals surface area contributed by atoms with Crippen molar-refractivity contribution in [3.05, 3.63) is 35.1 Å². The molecule has 1 fully saturated rings. The van der Waals surface area contributed by atoms with Crippen LogP contribution in [-0.2, 0) is 21.6 Å². The Morgan fingerprint density at radius 3 is 2.72 bits per heavy atom. The van der Waals surface area contributed by atoms with Gasteiger partial charge in [0.2, 0.25) is 0 Å². The van der Waals surface area contributed by atoms with E-state index in [0.29, 0.717) is 23.1 Å². The van der Waals surface area contributed by atoms with Gasteiger partial charge in [0.1, 0.15) is 5.82 Å². The van der Waals surface area contributed by atoms with Crippen molar-refractivity contribution in [3.8, 4) is 0 Å². The van der Waals surface area contributed by atoms with E-state index in [2.05, 4.69) is 11.8 Å². The third-order valence-electron chi connectivity index (χ3n) is 3.80. The summed E-state index contributed by atoms with van der Waals surface area (Å²) in [7, 11) is 0. The van der Waals surface area contributed by atoms with Crippen LogP contribution in [0.4, 0.5) is 4.39 Å². The summed E-state index contributed by atoms with van der Waals surface area (Å²) in [5, 5.41) is 0. The molecular weight excluding hydrogens is 249 g/mol. The molecular formula is C14H19FNOS+. The first kappa shape index (κ1) is 13.6. The van der Waals surface area contributed by atoms with Gasteiger partial charge < -0.3 is 4.90 Å². The van der Waals surface area contributed by atoms with E-state index in [1.54, 1.807) is 6.07 Å². The average molecular weight is 268 g/mol. The zero-order valence-electron chi connectivity index (χ0n) is 10.7. The second-order valence-electron chi connectivity index (χ2n) is 4.79. The maximum absolute atomic E-state index is 14.3. The quantitative estimate of drug-likeness (QED) is 0.783. The van der Waals surface area contributed by atoms with Crippen LogP contribution < -0.4 is 0 Å². The van der Waals surface area contributed by atoms with Gasteiger partial charge in [-0.3, -0.25) is 0 Å². The molecule has 0 atom stereocenters. The van der Waals surface area contributed by atoms with Crippen molar-refractivity contribution in [1.82, 2.24) is 4.90 Å². The van der Waals surface area contributed by atoms with Crippen LogP contribution in [0.25, 0.3) is 0 Å². The minimum atomic E-state index is -0.157. The third-order valence-corrected chi connectivity index (χ3v) is 4.23. The van der Waals surface area contributed by atoms with Crippen LogP contribution in [0.5, 0.6) is 0 Å². The van der Waals surface area contributed by atoms with Crippen molar-refractivity contribution in [2.45, 2.75) is 31.4 Å². The molecule has 0 N–H and O–H groups in total. The van der Waals surface area contributed by atoms with Gasteiger partial charge in [-0.15, -0.1) is 0 Å². The molecule has 1 aliphatic rings. The summed E-state index contributed by atoms with van der Waals surface area (Å²) in [5.41, 5.74) is 1.35. The lowest BCUT2D eigenvalue weighted by atomic mass is 9.88. The number of hydrogen-bond donors (Lipinski definition) is 0. The van der Waals surface area contributed by atoms with Crippen molar-refractivity contribution in [1.29, 1.82) is 0 Å². The monoisotopic (exact) mass is 268 g/mol. The lowest BCUT2D eigenvalue weighted by Gasteiger charge is -2.31. The normalized spacial score (nSPS) is 17.9. The molecule has 1 saturated heterocycles. The zero-order valence-corrected chi connectivity index (χ0v) is 11.5. The third kappa shape index (κ3) is 2.93. The smallest absolute Gasteiger partial charge is 0.304 e. The topological polar surface area (TPSA) is 20.3 Å². The number of halogens is 1. The summed E-state index contributed by atoms with van der Waals surface area (Å²) < 4.78 is 24.8. The second-order valence-corrected chi connectivity index (χ2v) is 5.32. The van der Waals surface area contributed by atoms with Crippen molar-refractivity contribution in [2.24, 2.45) is 0 Å². The van der Waals surface area contributed by atoms with Crippen LogP contribution >= 0.6 is 0 Å². The minimum absolute atomic E-state index is 0.157. The molecule has 0 spiro atoms. The van der Waals surface area contributed by atoms with E-state index in [9.17, 15) is 8.60 Å². The largest absolute Gasteiger partial charge is 0.463 e. The van der Waals surface area contributed by atoms with Gasteiger partial charge in [0.25, 0.3) is 5.75 Å². The summed E-state index contributed by atoms with van der Waals surface area (Å²) >= 11 is 0.430. The molecule has 1 aliphatic heterocycles. The molecule has 2 nitrogen and oxygen atoms in total. The molecule has 0 amide bonds. The summed E-state index contributed by atoms with van der Waals surface area (Å²) in [6, 6.07) is 5.46. The van der Waals surface area contributed by atoms with Gasteiger partial charge >= 0.3 is 11.7 Å². The summed E-state index contributed by atoms with van der Waals surface area (Å²) in [4.78, 5) is 2.39. The van der Waals surface area contributed by atoms with E-state index < -0.39 is 0 Å². The maximum atomic E-state index is 14.3. The Balaban J connectivity index is 2.14. The molecule has 18 heavy (non-hydrogen) atoms. The molecule has 0 aliphatic carbocycles. The Kier molecular flexibility index (Phi) is 4.78. The van der Waals surface area contributed by atoms with Crippen molar-refractivity contribution >= 4 is 11.7 Å². The van der Waals surface area contributed by atoms with E-state index in [1.165, 1.54) is 0 Å². The maximum Gasteiger partial charge on any atom is 0.463 e. The van der Waals surface area contributed by atoms with E-state index >= 15 is 0 Å². The van der Waals surface area contributed by atoms with Crippen LogP contribution in [0.3, 0.4) is 0 Å². The number of piperidine rings is 1. The van der Waals surface area contributed by atoms with Crippen LogP contribution in [0.2, 0.25) is 0 Å². The highest BCUT2D eigenvalue weighted by molar-refractivity contribution is 7.64. The Hall–Kier alpha value is -0.870. The van der Waals surface area contributed by atoms with E-state index in [-0.39, 0.29) is 11.6 Å². The molecule has 1 aromatic carbocycles. The van der Waals surface area contributed by atoms with Gasteiger partial charge in [-0.25, -0.2) is 4.39 Å². The van der Waals surface area contributed by atoms with Crippen LogP contribution in [0.15, 0.2) is 18.2 Å². The summed E-state index contributed by atoms with van der Waals surface area (Å²) in [5.74, 6) is 0.369.